The molecule has 0 aliphatic rings. The molecular weight excluding hydrogens is 237 g/mol. The van der Waals surface area contributed by atoms with Gasteiger partial charge < -0.3 is 5.32 Å². The van der Waals surface area contributed by atoms with Crippen molar-refractivity contribution in [3.63, 3.8) is 0 Å². The fourth-order valence-corrected chi connectivity index (χ4v) is 0.729. The summed E-state index contributed by atoms with van der Waals surface area (Å²) in [6.07, 6.45) is 5.26. The van der Waals surface area contributed by atoms with Crippen molar-refractivity contribution in [2.24, 2.45) is 0 Å². The van der Waals surface area contributed by atoms with E-state index in [-0.39, 0.29) is 24.0 Å². The highest BCUT2D eigenvalue weighted by Gasteiger charge is 1.83. The molecule has 0 heterocycles. The Morgan fingerprint density at radius 3 is 1.60 bits per heavy atom. The summed E-state index contributed by atoms with van der Waals surface area (Å²) in [6, 6.07) is 0. The van der Waals surface area contributed by atoms with Crippen molar-refractivity contribution in [1.82, 2.24) is 5.32 Å². The molecule has 0 saturated carbocycles. The Balaban J connectivity index is 0. The van der Waals surface area contributed by atoms with Gasteiger partial charge in [-0.1, -0.05) is 26.7 Å². The quantitative estimate of drug-likeness (QED) is 0.570. The fraction of sp³-hybridized carbons (Fsp3) is 1.00. The van der Waals surface area contributed by atoms with Crippen LogP contribution < -0.4 is 5.32 Å². The highest BCUT2D eigenvalue weighted by atomic mass is 127. The van der Waals surface area contributed by atoms with Crippen molar-refractivity contribution in [3.05, 3.63) is 0 Å². The van der Waals surface area contributed by atoms with Crippen LogP contribution >= 0.6 is 24.0 Å². The lowest BCUT2D eigenvalue weighted by Gasteiger charge is -1.99. The van der Waals surface area contributed by atoms with Gasteiger partial charge in [-0.2, -0.15) is 0 Å². The third kappa shape index (κ3) is 11.5. The zero-order valence-corrected chi connectivity index (χ0v) is 9.48. The summed E-state index contributed by atoms with van der Waals surface area (Å²) in [6.45, 7) is 6.86. The van der Waals surface area contributed by atoms with Crippen LogP contribution in [0.15, 0.2) is 0 Å². The third-order valence-electron chi connectivity index (χ3n) is 1.41. The molecule has 0 amide bonds. The summed E-state index contributed by atoms with van der Waals surface area (Å²) in [5.74, 6) is 0. The summed E-state index contributed by atoms with van der Waals surface area (Å²) in [5.41, 5.74) is 0. The Morgan fingerprint density at radius 2 is 1.30 bits per heavy atom. The lowest BCUT2D eigenvalue weighted by molar-refractivity contribution is 0.611. The van der Waals surface area contributed by atoms with Gasteiger partial charge in [-0.15, -0.1) is 24.0 Å². The van der Waals surface area contributed by atoms with E-state index < -0.39 is 0 Å². The van der Waals surface area contributed by atoms with Gasteiger partial charge in [0.05, 0.1) is 0 Å². The maximum Gasteiger partial charge on any atom is -0.00490 e. The molecule has 0 spiro atoms. The lowest BCUT2D eigenvalue weighted by atomic mass is 10.3. The first-order valence-electron chi connectivity index (χ1n) is 4.12. The predicted molar refractivity (Wildman–Crippen MR) is 58.1 cm³/mol. The molecule has 0 aliphatic carbocycles. The van der Waals surface area contributed by atoms with E-state index in [2.05, 4.69) is 19.2 Å². The van der Waals surface area contributed by atoms with Gasteiger partial charge in [-0.25, -0.2) is 0 Å². The summed E-state index contributed by atoms with van der Waals surface area (Å²) in [4.78, 5) is 0. The van der Waals surface area contributed by atoms with E-state index >= 15 is 0 Å². The topological polar surface area (TPSA) is 12.0 Å². The molecule has 0 aliphatic heterocycles. The Hall–Kier alpha value is 0.690. The van der Waals surface area contributed by atoms with Gasteiger partial charge >= 0.3 is 0 Å². The molecule has 0 aromatic carbocycles. The molecule has 0 rings (SSSR count). The van der Waals surface area contributed by atoms with Crippen molar-refractivity contribution >= 4 is 24.0 Å². The number of halogens is 1. The standard InChI is InChI=1S/C8H19N.HI/c1-3-5-7-9-8-6-4-2;/h9H,3-8H2,1-2H3;1H. The van der Waals surface area contributed by atoms with E-state index in [1.54, 1.807) is 0 Å². The van der Waals surface area contributed by atoms with Crippen molar-refractivity contribution in [2.75, 3.05) is 13.1 Å². The number of unbranched alkanes of at least 4 members (excludes halogenated alkanes) is 2. The maximum absolute atomic E-state index is 3.39. The monoisotopic (exact) mass is 257 g/mol. The summed E-state index contributed by atoms with van der Waals surface area (Å²) < 4.78 is 0. The van der Waals surface area contributed by atoms with Crippen LogP contribution in [0.25, 0.3) is 0 Å². The van der Waals surface area contributed by atoms with Crippen LogP contribution in [0.3, 0.4) is 0 Å². The first-order valence-corrected chi connectivity index (χ1v) is 4.12. The molecule has 10 heavy (non-hydrogen) atoms. The second-order valence-electron chi connectivity index (χ2n) is 2.46. The van der Waals surface area contributed by atoms with Crippen LogP contribution in [-0.2, 0) is 0 Å². The van der Waals surface area contributed by atoms with Gasteiger partial charge in [0.1, 0.15) is 0 Å². The smallest absolute Gasteiger partial charge is 0.00490 e. The number of hydrogen-bond donors (Lipinski definition) is 1. The highest BCUT2D eigenvalue weighted by molar-refractivity contribution is 14.0. The maximum atomic E-state index is 3.39. The van der Waals surface area contributed by atoms with Crippen molar-refractivity contribution < 1.29 is 0 Å². The van der Waals surface area contributed by atoms with Gasteiger partial charge in [-0.3, -0.25) is 0 Å². The van der Waals surface area contributed by atoms with Gasteiger partial charge in [-0.05, 0) is 25.9 Å². The molecule has 0 fully saturated rings. The first-order chi connectivity index (χ1) is 4.41. The van der Waals surface area contributed by atoms with E-state index in [1.165, 1.54) is 38.8 Å². The largest absolute Gasteiger partial charge is 0.317 e. The predicted octanol–water partition coefficient (Wildman–Crippen LogP) is 2.79. The van der Waals surface area contributed by atoms with Gasteiger partial charge in [0.2, 0.25) is 0 Å². The summed E-state index contributed by atoms with van der Waals surface area (Å²) in [7, 11) is 0. The van der Waals surface area contributed by atoms with E-state index in [0.717, 1.165) is 0 Å². The first kappa shape index (κ1) is 13.3. The van der Waals surface area contributed by atoms with Crippen LogP contribution in [0.5, 0.6) is 0 Å². The number of rotatable bonds is 6. The molecule has 0 aromatic heterocycles. The fourth-order valence-electron chi connectivity index (χ4n) is 0.729. The van der Waals surface area contributed by atoms with Crippen LogP contribution in [0.4, 0.5) is 0 Å². The minimum atomic E-state index is 0. The average Bonchev–Trinajstić information content (AvgIpc) is 1.89. The Morgan fingerprint density at radius 1 is 0.900 bits per heavy atom. The van der Waals surface area contributed by atoms with E-state index in [9.17, 15) is 0 Å². The Labute approximate surface area is 82.0 Å². The van der Waals surface area contributed by atoms with E-state index in [0.29, 0.717) is 0 Å². The number of hydrogen-bond acceptors (Lipinski definition) is 1. The number of nitrogens with one attached hydrogen (secondary N) is 1. The van der Waals surface area contributed by atoms with E-state index in [4.69, 9.17) is 0 Å². The van der Waals surface area contributed by atoms with Crippen molar-refractivity contribution in [2.45, 2.75) is 39.5 Å². The molecule has 2 heteroatoms. The SMILES string of the molecule is CCCCNCCCC.I. The third-order valence-corrected chi connectivity index (χ3v) is 1.41. The minimum Gasteiger partial charge on any atom is -0.317 e. The molecule has 1 N–H and O–H groups in total. The molecule has 0 radical (unpaired) electrons. The molecular formula is C8H20IN. The molecule has 0 saturated heterocycles. The molecule has 0 bridgehead atoms. The Bertz CT molecular complexity index is 42.5. The van der Waals surface area contributed by atoms with Crippen LogP contribution in [0.1, 0.15) is 39.5 Å². The lowest BCUT2D eigenvalue weighted by Crippen LogP contribution is -2.15. The van der Waals surface area contributed by atoms with E-state index in [1.807, 2.05) is 0 Å². The molecule has 0 unspecified atom stereocenters. The molecule has 1 nitrogen and oxygen atoms in total. The van der Waals surface area contributed by atoms with Crippen LogP contribution in [0, 0.1) is 0 Å². The molecule has 0 atom stereocenters. The van der Waals surface area contributed by atoms with Crippen molar-refractivity contribution in [3.8, 4) is 0 Å². The average molecular weight is 257 g/mol. The van der Waals surface area contributed by atoms with Crippen molar-refractivity contribution in [1.29, 1.82) is 0 Å². The molecule has 0 aromatic rings. The minimum absolute atomic E-state index is 0. The Kier molecular flexibility index (Phi) is 16.4. The van der Waals surface area contributed by atoms with Crippen LogP contribution in [-0.4, -0.2) is 13.1 Å². The normalized spacial score (nSPS) is 9.00. The van der Waals surface area contributed by atoms with Gasteiger partial charge in [0.15, 0.2) is 0 Å². The van der Waals surface area contributed by atoms with Crippen LogP contribution in [0.2, 0.25) is 0 Å². The van der Waals surface area contributed by atoms with Gasteiger partial charge in [0, 0.05) is 0 Å². The zero-order valence-electron chi connectivity index (χ0n) is 7.15. The second kappa shape index (κ2) is 12.4. The highest BCUT2D eigenvalue weighted by Crippen LogP contribution is 1.85. The van der Waals surface area contributed by atoms with Gasteiger partial charge in [0.25, 0.3) is 0 Å². The second-order valence-corrected chi connectivity index (χ2v) is 2.46. The summed E-state index contributed by atoms with van der Waals surface area (Å²) in [5, 5.41) is 3.39. The zero-order chi connectivity index (χ0) is 6.95. The summed E-state index contributed by atoms with van der Waals surface area (Å²) >= 11 is 0. The molecule has 64 valence electrons.